The summed E-state index contributed by atoms with van der Waals surface area (Å²) in [7, 11) is 0. The second kappa shape index (κ2) is 12.1. The monoisotopic (exact) mass is 616 g/mol. The number of ether oxygens (including phenoxy) is 1. The van der Waals surface area contributed by atoms with E-state index in [0.29, 0.717) is 5.92 Å². The SMILES string of the molecule is C=C(/C=C\C=C/C)C1=Cc2c(n(-c3cc(C(C)(C)C)ccn3)c3cc(Oc4cccc(-n5cnc6ccccc65)c4)ccc23)CC1C. The summed E-state index contributed by atoms with van der Waals surface area (Å²) in [6.45, 7) is 15.5. The van der Waals surface area contributed by atoms with Gasteiger partial charge >= 0.3 is 0 Å². The molecule has 1 atom stereocenters. The molecule has 234 valence electrons. The normalized spacial score (nSPS) is 15.1. The van der Waals surface area contributed by atoms with Crippen LogP contribution in [0, 0.1) is 5.92 Å². The first kappa shape index (κ1) is 30.2. The predicted octanol–water partition coefficient (Wildman–Crippen LogP) is 10.7. The Kier molecular flexibility index (Phi) is 7.77. The lowest BCUT2D eigenvalue weighted by Crippen LogP contribution is -2.16. The van der Waals surface area contributed by atoms with Crippen LogP contribution in [0.1, 0.15) is 51.4 Å². The van der Waals surface area contributed by atoms with Crippen LogP contribution < -0.4 is 4.74 Å². The minimum Gasteiger partial charge on any atom is -0.457 e. The predicted molar refractivity (Wildman–Crippen MR) is 195 cm³/mol. The van der Waals surface area contributed by atoms with E-state index in [4.69, 9.17) is 9.72 Å². The Hall–Kier alpha value is -5.42. The molecule has 1 aliphatic carbocycles. The van der Waals surface area contributed by atoms with Gasteiger partial charge in [-0.25, -0.2) is 9.97 Å². The highest BCUT2D eigenvalue weighted by atomic mass is 16.5. The first-order valence-electron chi connectivity index (χ1n) is 16.3. The summed E-state index contributed by atoms with van der Waals surface area (Å²) in [5, 5.41) is 1.17. The second-order valence-corrected chi connectivity index (χ2v) is 13.3. The highest BCUT2D eigenvalue weighted by molar-refractivity contribution is 5.95. The molecule has 0 saturated heterocycles. The zero-order chi connectivity index (χ0) is 32.7. The smallest absolute Gasteiger partial charge is 0.137 e. The van der Waals surface area contributed by atoms with Crippen molar-refractivity contribution in [2.24, 2.45) is 5.92 Å². The molecule has 5 nitrogen and oxygen atoms in total. The molecule has 0 spiro atoms. The van der Waals surface area contributed by atoms with E-state index in [0.717, 1.165) is 51.5 Å². The Labute approximate surface area is 276 Å². The minimum atomic E-state index is -0.00205. The minimum absolute atomic E-state index is 0.00205. The van der Waals surface area contributed by atoms with Crippen LogP contribution in [0.15, 0.2) is 133 Å². The summed E-state index contributed by atoms with van der Waals surface area (Å²) in [5.74, 6) is 2.75. The standard InChI is InChI=1S/C42H40N4O/c1-7-8-9-13-28(2)35-26-36-34-19-18-33(47-32-15-12-14-31(24-32)45-27-44-37-16-10-11-17-38(37)45)25-40(34)46(39(36)22-29(35)3)41-23-30(20-21-43-41)42(4,5)6/h7-21,23-27,29H,2,22H2,1,3-6H3/b8-7-,13-9-. The van der Waals surface area contributed by atoms with E-state index < -0.39 is 0 Å². The van der Waals surface area contributed by atoms with Gasteiger partial charge in [0.1, 0.15) is 23.6 Å². The molecule has 0 radical (unpaired) electrons. The van der Waals surface area contributed by atoms with E-state index in [-0.39, 0.29) is 5.41 Å². The number of benzene rings is 3. The number of para-hydroxylation sites is 2. The van der Waals surface area contributed by atoms with E-state index in [1.807, 2.05) is 61.9 Å². The third-order valence-corrected chi connectivity index (χ3v) is 9.01. The first-order valence-corrected chi connectivity index (χ1v) is 16.3. The summed E-state index contributed by atoms with van der Waals surface area (Å²) < 4.78 is 11.0. The molecule has 0 aliphatic heterocycles. The topological polar surface area (TPSA) is 44.9 Å². The molecule has 3 heterocycles. The van der Waals surface area contributed by atoms with Gasteiger partial charge in [0.25, 0.3) is 0 Å². The van der Waals surface area contributed by atoms with Crippen molar-refractivity contribution >= 4 is 28.0 Å². The molecule has 0 fully saturated rings. The van der Waals surface area contributed by atoms with Crippen molar-refractivity contribution in [3.8, 4) is 23.0 Å². The highest BCUT2D eigenvalue weighted by Crippen LogP contribution is 2.41. The summed E-state index contributed by atoms with van der Waals surface area (Å²) in [5.41, 5.74) is 10.1. The third-order valence-electron chi connectivity index (χ3n) is 9.01. The molecule has 47 heavy (non-hydrogen) atoms. The fourth-order valence-corrected chi connectivity index (χ4v) is 6.52. The summed E-state index contributed by atoms with van der Waals surface area (Å²) in [6.07, 6.45) is 15.2. The molecule has 0 saturated carbocycles. The van der Waals surface area contributed by atoms with Gasteiger partial charge < -0.3 is 4.74 Å². The van der Waals surface area contributed by atoms with Crippen LogP contribution in [0.3, 0.4) is 0 Å². The second-order valence-electron chi connectivity index (χ2n) is 13.3. The fraction of sp³-hybridized carbons (Fsp3) is 0.190. The van der Waals surface area contributed by atoms with Gasteiger partial charge in [0, 0.05) is 35.0 Å². The maximum atomic E-state index is 6.56. The molecule has 0 bridgehead atoms. The summed E-state index contributed by atoms with van der Waals surface area (Å²) in [4.78, 5) is 9.49. The number of fused-ring (bicyclic) bond motifs is 4. The maximum Gasteiger partial charge on any atom is 0.137 e. The molecule has 6 aromatic rings. The van der Waals surface area contributed by atoms with Crippen molar-refractivity contribution in [2.45, 2.75) is 46.5 Å². The van der Waals surface area contributed by atoms with E-state index in [1.165, 1.54) is 27.8 Å². The number of pyridine rings is 1. The molecule has 1 unspecified atom stereocenters. The Bertz CT molecular complexity index is 2230. The zero-order valence-electron chi connectivity index (χ0n) is 27.7. The maximum absolute atomic E-state index is 6.56. The van der Waals surface area contributed by atoms with Crippen molar-refractivity contribution in [1.29, 1.82) is 0 Å². The summed E-state index contributed by atoms with van der Waals surface area (Å²) in [6, 6.07) is 27.0. The number of imidazole rings is 1. The average Bonchev–Trinajstić information content (AvgIpc) is 3.63. The number of hydrogen-bond acceptors (Lipinski definition) is 3. The number of rotatable bonds is 7. The molecular weight excluding hydrogens is 576 g/mol. The lowest BCUT2D eigenvalue weighted by Gasteiger charge is -2.24. The molecule has 5 heteroatoms. The van der Waals surface area contributed by atoms with Crippen molar-refractivity contribution in [1.82, 2.24) is 19.1 Å². The van der Waals surface area contributed by atoms with Gasteiger partial charge in [-0.15, -0.1) is 0 Å². The van der Waals surface area contributed by atoms with E-state index in [2.05, 4.69) is 115 Å². The summed E-state index contributed by atoms with van der Waals surface area (Å²) >= 11 is 0. The molecular formula is C42H40N4O. The average molecular weight is 617 g/mol. The van der Waals surface area contributed by atoms with Gasteiger partial charge in [0.15, 0.2) is 0 Å². The van der Waals surface area contributed by atoms with Crippen LogP contribution in [-0.2, 0) is 11.8 Å². The molecule has 0 N–H and O–H groups in total. The van der Waals surface area contributed by atoms with Crippen molar-refractivity contribution in [2.75, 3.05) is 0 Å². The molecule has 3 aromatic heterocycles. The van der Waals surface area contributed by atoms with Crippen molar-refractivity contribution in [3.63, 3.8) is 0 Å². The van der Waals surface area contributed by atoms with Crippen LogP contribution in [0.2, 0.25) is 0 Å². The van der Waals surface area contributed by atoms with Gasteiger partial charge in [-0.3, -0.25) is 9.13 Å². The Morgan fingerprint density at radius 2 is 1.74 bits per heavy atom. The van der Waals surface area contributed by atoms with Gasteiger partial charge in [-0.2, -0.15) is 0 Å². The Balaban J connectivity index is 1.34. The number of allylic oxidation sites excluding steroid dienone is 6. The fourth-order valence-electron chi connectivity index (χ4n) is 6.52. The van der Waals surface area contributed by atoms with Gasteiger partial charge in [-0.1, -0.05) is 76.8 Å². The lowest BCUT2D eigenvalue weighted by molar-refractivity contribution is 0.483. The van der Waals surface area contributed by atoms with Crippen molar-refractivity contribution < 1.29 is 4.74 Å². The Morgan fingerprint density at radius 3 is 2.57 bits per heavy atom. The largest absolute Gasteiger partial charge is 0.457 e. The van der Waals surface area contributed by atoms with Gasteiger partial charge in [0.2, 0.25) is 0 Å². The third kappa shape index (κ3) is 5.74. The van der Waals surface area contributed by atoms with E-state index >= 15 is 0 Å². The van der Waals surface area contributed by atoms with Crippen molar-refractivity contribution in [3.05, 3.63) is 150 Å². The van der Waals surface area contributed by atoms with Crippen LogP contribution in [0.4, 0.5) is 0 Å². The van der Waals surface area contributed by atoms with Gasteiger partial charge in [0.05, 0.1) is 22.2 Å². The molecule has 0 amide bonds. The number of hydrogen-bond donors (Lipinski definition) is 0. The lowest BCUT2D eigenvalue weighted by atomic mass is 9.83. The molecule has 1 aliphatic rings. The number of nitrogens with zero attached hydrogens (tertiary/aromatic N) is 4. The van der Waals surface area contributed by atoms with Crippen LogP contribution in [0.5, 0.6) is 11.5 Å². The molecule has 7 rings (SSSR count). The molecule has 3 aromatic carbocycles. The van der Waals surface area contributed by atoms with Crippen LogP contribution in [0.25, 0.3) is 39.5 Å². The highest BCUT2D eigenvalue weighted by Gasteiger charge is 2.27. The first-order chi connectivity index (χ1) is 22.7. The van der Waals surface area contributed by atoms with Crippen LogP contribution >= 0.6 is 0 Å². The number of aromatic nitrogens is 4. The van der Waals surface area contributed by atoms with Crippen LogP contribution in [-0.4, -0.2) is 19.1 Å². The zero-order valence-corrected chi connectivity index (χ0v) is 27.7. The Morgan fingerprint density at radius 1 is 0.915 bits per heavy atom. The van der Waals surface area contributed by atoms with Gasteiger partial charge in [-0.05, 0) is 96.0 Å². The van der Waals surface area contributed by atoms with E-state index in [9.17, 15) is 0 Å². The quantitative estimate of drug-likeness (QED) is 0.168. The van der Waals surface area contributed by atoms with E-state index in [1.54, 1.807) is 0 Å².